The zero-order chi connectivity index (χ0) is 18.1. The number of halogens is 2. The van der Waals surface area contributed by atoms with E-state index in [1.54, 1.807) is 12.4 Å². The number of hydrogen-bond donors (Lipinski definition) is 2. The van der Waals surface area contributed by atoms with Crippen LogP contribution in [0.2, 0.25) is 0 Å². The lowest BCUT2D eigenvalue weighted by Crippen LogP contribution is -2.42. The topological polar surface area (TPSA) is 76.0 Å². The Morgan fingerprint density at radius 2 is 2.04 bits per heavy atom. The summed E-state index contributed by atoms with van der Waals surface area (Å²) in [5.41, 5.74) is 1.04. The average Bonchev–Trinajstić information content (AvgIpc) is 3.00. The molecule has 0 bridgehead atoms. The normalized spacial score (nSPS) is 16.9. The van der Waals surface area contributed by atoms with E-state index in [1.807, 2.05) is 6.92 Å². The minimum atomic E-state index is -3.75. The van der Waals surface area contributed by atoms with E-state index in [4.69, 9.17) is 0 Å². The van der Waals surface area contributed by atoms with Gasteiger partial charge in [0.25, 0.3) is 0 Å². The van der Waals surface area contributed by atoms with Crippen LogP contribution < -0.4 is 10.0 Å². The van der Waals surface area contributed by atoms with Crippen molar-refractivity contribution >= 4 is 22.4 Å². The molecule has 1 aromatic heterocycles. The Balaban J connectivity index is 0.00000243. The first-order chi connectivity index (χ1) is 11.8. The van der Waals surface area contributed by atoms with Gasteiger partial charge in [0.2, 0.25) is 10.0 Å². The summed E-state index contributed by atoms with van der Waals surface area (Å²) in [5, 5.41) is 7.32. The van der Waals surface area contributed by atoms with Crippen LogP contribution in [0.3, 0.4) is 0 Å². The van der Waals surface area contributed by atoms with Crippen LogP contribution >= 0.6 is 12.4 Å². The van der Waals surface area contributed by atoms with Crippen LogP contribution in [-0.2, 0) is 10.0 Å². The molecule has 1 aromatic carbocycles. The Labute approximate surface area is 159 Å². The zero-order valence-corrected chi connectivity index (χ0v) is 16.5. The second kappa shape index (κ2) is 8.04. The van der Waals surface area contributed by atoms with Crippen LogP contribution in [0, 0.1) is 18.2 Å². The number of rotatable bonds is 5. The van der Waals surface area contributed by atoms with Gasteiger partial charge in [-0.25, -0.2) is 22.2 Å². The maximum atomic E-state index is 14.4. The number of benzene rings is 1. The number of sulfonamides is 1. The van der Waals surface area contributed by atoms with Crippen LogP contribution in [-0.4, -0.2) is 37.8 Å². The van der Waals surface area contributed by atoms with Crippen molar-refractivity contribution in [1.29, 1.82) is 0 Å². The molecule has 3 rings (SSSR count). The number of aromatic nitrogens is 2. The van der Waals surface area contributed by atoms with E-state index in [2.05, 4.69) is 22.1 Å². The predicted octanol–water partition coefficient (Wildman–Crippen LogP) is 2.41. The van der Waals surface area contributed by atoms with Gasteiger partial charge in [-0.1, -0.05) is 6.92 Å². The summed E-state index contributed by atoms with van der Waals surface area (Å²) in [4.78, 5) is -0.0739. The van der Waals surface area contributed by atoms with Gasteiger partial charge in [0.05, 0.1) is 11.1 Å². The third-order valence-electron chi connectivity index (χ3n) is 4.69. The summed E-state index contributed by atoms with van der Waals surface area (Å²) in [5.74, 6) is -0.626. The first-order valence-electron chi connectivity index (χ1n) is 8.31. The van der Waals surface area contributed by atoms with Crippen molar-refractivity contribution in [3.05, 3.63) is 42.0 Å². The summed E-state index contributed by atoms with van der Waals surface area (Å²) in [7, 11) is -3.75. The summed E-state index contributed by atoms with van der Waals surface area (Å²) in [6, 6.07) is 3.88. The summed E-state index contributed by atoms with van der Waals surface area (Å²) in [6.45, 7) is 6.03. The molecule has 0 aliphatic carbocycles. The first-order valence-corrected chi connectivity index (χ1v) is 9.79. The van der Waals surface area contributed by atoms with Crippen LogP contribution in [0.15, 0.2) is 35.5 Å². The van der Waals surface area contributed by atoms with Crippen molar-refractivity contribution in [3.8, 4) is 5.69 Å². The van der Waals surface area contributed by atoms with Crippen LogP contribution in [0.4, 0.5) is 4.39 Å². The lowest BCUT2D eigenvalue weighted by Gasteiger charge is -2.34. The monoisotopic (exact) mass is 402 g/mol. The van der Waals surface area contributed by atoms with Gasteiger partial charge in [-0.15, -0.1) is 12.4 Å². The molecule has 1 fully saturated rings. The van der Waals surface area contributed by atoms with Gasteiger partial charge in [0.15, 0.2) is 0 Å². The van der Waals surface area contributed by atoms with Crippen LogP contribution in [0.25, 0.3) is 5.69 Å². The minimum absolute atomic E-state index is 0. The second-order valence-corrected chi connectivity index (χ2v) is 8.73. The minimum Gasteiger partial charge on any atom is -0.317 e. The fraction of sp³-hybridized carbons (Fsp3) is 0.471. The third kappa shape index (κ3) is 4.62. The molecule has 6 nitrogen and oxygen atoms in total. The van der Waals surface area contributed by atoms with Gasteiger partial charge in [-0.3, -0.25) is 0 Å². The van der Waals surface area contributed by atoms with Gasteiger partial charge in [-0.05, 0) is 62.0 Å². The van der Waals surface area contributed by atoms with Crippen LogP contribution in [0.5, 0.6) is 0 Å². The number of nitrogens with one attached hydrogen (secondary N) is 2. The number of piperidine rings is 1. The third-order valence-corrected chi connectivity index (χ3v) is 6.09. The van der Waals surface area contributed by atoms with E-state index in [1.165, 1.54) is 16.8 Å². The van der Waals surface area contributed by atoms with Gasteiger partial charge in [0, 0.05) is 12.7 Å². The van der Waals surface area contributed by atoms with E-state index in [-0.39, 0.29) is 28.4 Å². The number of aryl methyl sites for hydroxylation is 1. The molecule has 1 aliphatic heterocycles. The lowest BCUT2D eigenvalue weighted by atomic mass is 9.81. The predicted molar refractivity (Wildman–Crippen MR) is 101 cm³/mol. The van der Waals surface area contributed by atoms with Crippen molar-refractivity contribution in [1.82, 2.24) is 19.8 Å². The molecule has 1 saturated heterocycles. The number of hydrogen-bond acceptors (Lipinski definition) is 4. The fourth-order valence-corrected chi connectivity index (χ4v) is 4.16. The molecule has 2 aromatic rings. The second-order valence-electron chi connectivity index (χ2n) is 6.96. The smallest absolute Gasteiger partial charge is 0.240 e. The van der Waals surface area contributed by atoms with Crippen molar-refractivity contribution in [2.45, 2.75) is 31.6 Å². The van der Waals surface area contributed by atoms with Crippen molar-refractivity contribution in [3.63, 3.8) is 0 Å². The number of nitrogens with zero attached hydrogens (tertiary/aromatic N) is 2. The maximum Gasteiger partial charge on any atom is 0.240 e. The molecule has 2 N–H and O–H groups in total. The van der Waals surface area contributed by atoms with E-state index in [9.17, 15) is 12.8 Å². The molecule has 9 heteroatoms. The standard InChI is InChI=1S/C17H23FN4O2S.ClH/c1-13-10-20-22(11-13)16-4-3-14(9-15(16)18)25(23,24)21-12-17(2)5-7-19-8-6-17;/h3-4,9-11,19,21H,5-8,12H2,1-2H3;1H. The van der Waals surface area contributed by atoms with Crippen molar-refractivity contribution in [2.75, 3.05) is 19.6 Å². The largest absolute Gasteiger partial charge is 0.317 e. The molecule has 0 spiro atoms. The maximum absolute atomic E-state index is 14.4. The van der Waals surface area contributed by atoms with E-state index in [0.717, 1.165) is 37.6 Å². The van der Waals surface area contributed by atoms with Crippen molar-refractivity contribution < 1.29 is 12.8 Å². The molecular weight excluding hydrogens is 379 g/mol. The lowest BCUT2D eigenvalue weighted by molar-refractivity contribution is 0.232. The highest BCUT2D eigenvalue weighted by Crippen LogP contribution is 2.27. The highest BCUT2D eigenvalue weighted by molar-refractivity contribution is 7.89. The zero-order valence-electron chi connectivity index (χ0n) is 14.8. The fourth-order valence-electron chi connectivity index (χ4n) is 2.94. The quantitative estimate of drug-likeness (QED) is 0.805. The molecule has 0 amide bonds. The van der Waals surface area contributed by atoms with Gasteiger partial charge >= 0.3 is 0 Å². The highest BCUT2D eigenvalue weighted by Gasteiger charge is 2.29. The summed E-state index contributed by atoms with van der Waals surface area (Å²) < 4.78 is 43.4. The molecule has 144 valence electrons. The highest BCUT2D eigenvalue weighted by atomic mass is 35.5. The average molecular weight is 403 g/mol. The molecule has 0 saturated carbocycles. The molecule has 1 aliphatic rings. The summed E-state index contributed by atoms with van der Waals surface area (Å²) >= 11 is 0. The molecule has 26 heavy (non-hydrogen) atoms. The molecule has 0 radical (unpaired) electrons. The van der Waals surface area contributed by atoms with E-state index < -0.39 is 15.8 Å². The SMILES string of the molecule is Cc1cnn(-c2ccc(S(=O)(=O)NCC3(C)CCNCC3)cc2F)c1.Cl. The Morgan fingerprint density at radius 3 is 2.62 bits per heavy atom. The van der Waals surface area contributed by atoms with E-state index >= 15 is 0 Å². The molecule has 0 unspecified atom stereocenters. The summed E-state index contributed by atoms with van der Waals surface area (Å²) in [6.07, 6.45) is 5.11. The first kappa shape index (κ1) is 20.8. The molecule has 0 atom stereocenters. The van der Waals surface area contributed by atoms with Gasteiger partial charge in [-0.2, -0.15) is 5.10 Å². The Kier molecular flexibility index (Phi) is 6.44. The van der Waals surface area contributed by atoms with Crippen molar-refractivity contribution in [2.24, 2.45) is 5.41 Å². The van der Waals surface area contributed by atoms with Gasteiger partial charge in [0.1, 0.15) is 11.5 Å². The Morgan fingerprint density at radius 1 is 1.35 bits per heavy atom. The Bertz CT molecular complexity index is 863. The van der Waals surface area contributed by atoms with E-state index in [0.29, 0.717) is 6.54 Å². The van der Waals surface area contributed by atoms with Gasteiger partial charge < -0.3 is 5.32 Å². The molecular formula is C17H24ClFN4O2S. The molecule has 2 heterocycles. The Hall–Kier alpha value is -1.48. The van der Waals surface area contributed by atoms with Crippen LogP contribution in [0.1, 0.15) is 25.3 Å².